The van der Waals surface area contributed by atoms with Crippen LogP contribution in [-0.4, -0.2) is 19.4 Å². The van der Waals surface area contributed by atoms with Crippen molar-refractivity contribution in [3.63, 3.8) is 0 Å². The smallest absolute Gasteiger partial charge is 0.382 e. The molecule has 0 aliphatic carbocycles. The van der Waals surface area contributed by atoms with E-state index in [-0.39, 0.29) is 23.7 Å². The monoisotopic (exact) mass is 183 g/mol. The van der Waals surface area contributed by atoms with Crippen molar-refractivity contribution in [1.29, 1.82) is 0 Å². The average molecular weight is 183 g/mol. The molecule has 0 aromatic heterocycles. The van der Waals surface area contributed by atoms with E-state index in [4.69, 9.17) is 0 Å². The molecule has 1 radical (unpaired) electrons. The number of hydrogen-bond donors (Lipinski definition) is 2. The zero-order valence-corrected chi connectivity index (χ0v) is 8.55. The first-order valence-corrected chi connectivity index (χ1v) is 4.37. The first-order chi connectivity index (χ1) is 5.95. The summed E-state index contributed by atoms with van der Waals surface area (Å²) in [6.07, 6.45) is 0. The molecule has 4 nitrogen and oxygen atoms in total. The molecule has 0 saturated carbocycles. The molecule has 0 aliphatic rings. The number of rotatable bonds is 4. The predicted molar refractivity (Wildman–Crippen MR) is 51.7 cm³/mol. The molecule has 0 heterocycles. The van der Waals surface area contributed by atoms with Gasteiger partial charge in [0.2, 0.25) is 11.8 Å². The van der Waals surface area contributed by atoms with Crippen LogP contribution in [-0.2, 0) is 9.59 Å². The van der Waals surface area contributed by atoms with Gasteiger partial charge in [0.15, 0.2) is 0 Å². The van der Waals surface area contributed by atoms with Gasteiger partial charge in [-0.2, -0.15) is 0 Å². The molecule has 0 saturated heterocycles. The number of carbonyl (C=O) groups is 2. The second-order valence-corrected chi connectivity index (χ2v) is 3.47. The zero-order valence-electron chi connectivity index (χ0n) is 8.55. The minimum Gasteiger partial charge on any atom is -0.382 e. The first-order valence-electron chi connectivity index (χ1n) is 4.37. The van der Waals surface area contributed by atoms with Crippen LogP contribution in [0, 0.1) is 11.8 Å². The SMILES string of the molecule is CC(C)C(=O)N[B]NC(=O)C(C)C. The van der Waals surface area contributed by atoms with Crippen molar-refractivity contribution in [3.05, 3.63) is 0 Å². The second-order valence-electron chi connectivity index (χ2n) is 3.47. The number of carbonyl (C=O) groups excluding carboxylic acids is 2. The molecule has 0 unspecified atom stereocenters. The summed E-state index contributed by atoms with van der Waals surface area (Å²) in [4.78, 5) is 22.0. The summed E-state index contributed by atoms with van der Waals surface area (Å²) in [6.45, 7) is 7.14. The maximum atomic E-state index is 11.0. The van der Waals surface area contributed by atoms with Gasteiger partial charge in [-0.05, 0) is 0 Å². The summed E-state index contributed by atoms with van der Waals surface area (Å²) in [5.74, 6) is -0.368. The third-order valence-electron chi connectivity index (χ3n) is 1.48. The molecule has 0 atom stereocenters. The molecule has 2 amide bonds. The van der Waals surface area contributed by atoms with Gasteiger partial charge in [-0.3, -0.25) is 9.59 Å². The Kier molecular flexibility index (Phi) is 5.19. The Labute approximate surface area is 79.7 Å². The fourth-order valence-corrected chi connectivity index (χ4v) is 0.512. The summed E-state index contributed by atoms with van der Waals surface area (Å²) >= 11 is 0. The first kappa shape index (κ1) is 12.0. The van der Waals surface area contributed by atoms with E-state index in [9.17, 15) is 9.59 Å². The van der Waals surface area contributed by atoms with Crippen LogP contribution >= 0.6 is 0 Å². The minimum atomic E-state index is -0.107. The lowest BCUT2D eigenvalue weighted by Crippen LogP contribution is -2.43. The van der Waals surface area contributed by atoms with Crippen LogP contribution in [0.2, 0.25) is 0 Å². The molecule has 0 bridgehead atoms. The molecule has 0 aliphatic heterocycles. The third-order valence-corrected chi connectivity index (χ3v) is 1.48. The van der Waals surface area contributed by atoms with Gasteiger partial charge in [-0.25, -0.2) is 0 Å². The van der Waals surface area contributed by atoms with Crippen LogP contribution in [0.4, 0.5) is 0 Å². The van der Waals surface area contributed by atoms with Crippen LogP contribution in [0.25, 0.3) is 0 Å². The molecular formula is C8H16BN2O2. The van der Waals surface area contributed by atoms with Gasteiger partial charge in [-0.15, -0.1) is 0 Å². The van der Waals surface area contributed by atoms with Crippen LogP contribution in [0.5, 0.6) is 0 Å². The number of hydrogen-bond acceptors (Lipinski definition) is 2. The molecule has 0 fully saturated rings. The van der Waals surface area contributed by atoms with Gasteiger partial charge in [0.25, 0.3) is 0 Å². The van der Waals surface area contributed by atoms with Crippen LogP contribution in [0.3, 0.4) is 0 Å². The van der Waals surface area contributed by atoms with E-state index in [1.54, 1.807) is 27.7 Å². The van der Waals surface area contributed by atoms with Crippen molar-refractivity contribution in [2.45, 2.75) is 27.7 Å². The van der Waals surface area contributed by atoms with Crippen molar-refractivity contribution in [2.75, 3.05) is 0 Å². The lowest BCUT2D eigenvalue weighted by atomic mass is 10.1. The zero-order chi connectivity index (χ0) is 10.4. The van der Waals surface area contributed by atoms with E-state index in [1.165, 1.54) is 7.55 Å². The molecule has 0 aromatic rings. The highest BCUT2D eigenvalue weighted by Crippen LogP contribution is 1.90. The molecule has 13 heavy (non-hydrogen) atoms. The molecule has 0 rings (SSSR count). The quantitative estimate of drug-likeness (QED) is 0.605. The summed E-state index contributed by atoms with van der Waals surface area (Å²) < 4.78 is 0. The van der Waals surface area contributed by atoms with E-state index in [1.807, 2.05) is 0 Å². The predicted octanol–water partition coefficient (Wildman–Crippen LogP) is 0.0650. The summed E-state index contributed by atoms with van der Waals surface area (Å²) in [5.41, 5.74) is 0. The van der Waals surface area contributed by atoms with E-state index in [2.05, 4.69) is 10.5 Å². The highest BCUT2D eigenvalue weighted by atomic mass is 16.2. The van der Waals surface area contributed by atoms with Crippen molar-refractivity contribution in [3.8, 4) is 0 Å². The summed E-state index contributed by atoms with van der Waals surface area (Å²) in [6, 6.07) is 0. The Balaban J connectivity index is 3.57. The van der Waals surface area contributed by atoms with Gasteiger partial charge in [0.1, 0.15) is 0 Å². The highest BCUT2D eigenvalue weighted by molar-refractivity contribution is 6.38. The van der Waals surface area contributed by atoms with Crippen LogP contribution < -0.4 is 10.5 Å². The van der Waals surface area contributed by atoms with Gasteiger partial charge in [-0.1, -0.05) is 27.7 Å². The Morgan fingerprint density at radius 2 is 1.23 bits per heavy atom. The standard InChI is InChI=1S/C8H16BN2O2/c1-5(2)7(12)10-9-11-8(13)6(3)4/h5-6H,1-4H3,(H,10,12)(H,11,13). The Hall–Kier alpha value is -0.995. The van der Waals surface area contributed by atoms with Crippen LogP contribution in [0.1, 0.15) is 27.7 Å². The maximum absolute atomic E-state index is 11.0. The molecular weight excluding hydrogens is 167 g/mol. The van der Waals surface area contributed by atoms with Gasteiger partial charge in [0.05, 0.1) is 0 Å². The number of nitrogens with one attached hydrogen (secondary N) is 2. The van der Waals surface area contributed by atoms with E-state index in [0.717, 1.165) is 0 Å². The fraction of sp³-hybridized carbons (Fsp3) is 0.750. The molecule has 5 heteroatoms. The lowest BCUT2D eigenvalue weighted by Gasteiger charge is -2.08. The molecule has 73 valence electrons. The van der Waals surface area contributed by atoms with Gasteiger partial charge < -0.3 is 10.5 Å². The summed E-state index contributed by atoms with van der Waals surface area (Å²) in [5, 5.41) is 4.94. The minimum absolute atomic E-state index is 0.0767. The normalized spacial score (nSPS) is 10.0. The third kappa shape index (κ3) is 5.28. The topological polar surface area (TPSA) is 58.2 Å². The van der Waals surface area contributed by atoms with Gasteiger partial charge in [0, 0.05) is 11.8 Å². The highest BCUT2D eigenvalue weighted by Gasteiger charge is 2.10. The Morgan fingerprint density at radius 3 is 1.46 bits per heavy atom. The number of amides is 2. The molecule has 0 aromatic carbocycles. The van der Waals surface area contributed by atoms with Crippen molar-refractivity contribution >= 4 is 19.4 Å². The fourth-order valence-electron chi connectivity index (χ4n) is 0.512. The van der Waals surface area contributed by atoms with E-state index >= 15 is 0 Å². The molecule has 2 N–H and O–H groups in total. The van der Waals surface area contributed by atoms with Gasteiger partial charge >= 0.3 is 7.55 Å². The van der Waals surface area contributed by atoms with Crippen LogP contribution in [0.15, 0.2) is 0 Å². The van der Waals surface area contributed by atoms with Crippen molar-refractivity contribution in [2.24, 2.45) is 11.8 Å². The largest absolute Gasteiger partial charge is 0.390 e. The lowest BCUT2D eigenvalue weighted by molar-refractivity contribution is -0.122. The van der Waals surface area contributed by atoms with Crippen molar-refractivity contribution < 1.29 is 9.59 Å². The summed E-state index contributed by atoms with van der Waals surface area (Å²) in [7, 11) is 1.28. The maximum Gasteiger partial charge on any atom is 0.390 e. The second kappa shape index (κ2) is 5.62. The Morgan fingerprint density at radius 1 is 0.923 bits per heavy atom. The molecule has 0 spiro atoms. The average Bonchev–Trinajstić information content (AvgIpc) is 2.03. The van der Waals surface area contributed by atoms with E-state index < -0.39 is 0 Å². The van der Waals surface area contributed by atoms with Crippen molar-refractivity contribution in [1.82, 2.24) is 10.5 Å². The Bertz CT molecular complexity index is 173. The van der Waals surface area contributed by atoms with E-state index in [0.29, 0.717) is 0 Å².